The third kappa shape index (κ3) is 3.25. The summed E-state index contributed by atoms with van der Waals surface area (Å²) in [5.41, 5.74) is 4.65. The maximum absolute atomic E-state index is 10.1. The van der Waals surface area contributed by atoms with E-state index < -0.39 is 0 Å². The van der Waals surface area contributed by atoms with Gasteiger partial charge in [0.05, 0.1) is 5.69 Å². The number of fused-ring (bicyclic) bond motifs is 2. The molecule has 0 unspecified atom stereocenters. The van der Waals surface area contributed by atoms with Gasteiger partial charge in [-0.25, -0.2) is 4.98 Å². The van der Waals surface area contributed by atoms with Gasteiger partial charge >= 0.3 is 0 Å². The molecule has 0 saturated carbocycles. The van der Waals surface area contributed by atoms with Gasteiger partial charge in [0.2, 0.25) is 5.89 Å². The summed E-state index contributed by atoms with van der Waals surface area (Å²) < 4.78 is 5.95. The normalized spacial score (nSPS) is 11.6. The van der Waals surface area contributed by atoms with E-state index in [4.69, 9.17) is 4.42 Å². The number of aromatic hydroxyl groups is 1. The van der Waals surface area contributed by atoms with Gasteiger partial charge in [-0.05, 0) is 59.7 Å². The van der Waals surface area contributed by atoms with Crippen LogP contribution in [0.3, 0.4) is 0 Å². The summed E-state index contributed by atoms with van der Waals surface area (Å²) in [7, 11) is 0. The van der Waals surface area contributed by atoms with Crippen LogP contribution in [0.1, 0.15) is 11.1 Å². The van der Waals surface area contributed by atoms with Crippen LogP contribution in [0.2, 0.25) is 0 Å². The lowest BCUT2D eigenvalue weighted by Crippen LogP contribution is -1.84. The van der Waals surface area contributed by atoms with Crippen molar-refractivity contribution >= 4 is 33.8 Å². The second-order valence-corrected chi connectivity index (χ2v) is 7.00. The van der Waals surface area contributed by atoms with E-state index in [1.165, 1.54) is 5.39 Å². The van der Waals surface area contributed by atoms with Gasteiger partial charge in [0, 0.05) is 17.3 Å². The molecule has 1 aromatic heterocycles. The summed E-state index contributed by atoms with van der Waals surface area (Å²) in [5, 5.41) is 12.5. The van der Waals surface area contributed by atoms with E-state index in [2.05, 4.69) is 34.2 Å². The molecule has 0 spiro atoms. The Hall–Kier alpha value is -3.92. The molecule has 0 aliphatic carbocycles. The number of rotatable bonds is 3. The standard InChI is InChI=1S/C25H18N2O2/c1-16-5-4-8-20(24(16)28)15-26-21-11-12-23-22(14-21)27-25(29-23)19-10-9-17-6-2-3-7-18(17)13-19/h2-15,28H,1H3. The van der Waals surface area contributed by atoms with Crippen LogP contribution in [0.25, 0.3) is 33.3 Å². The zero-order chi connectivity index (χ0) is 19.8. The van der Waals surface area contributed by atoms with E-state index in [-0.39, 0.29) is 5.75 Å². The van der Waals surface area contributed by atoms with E-state index in [1.807, 2.05) is 61.5 Å². The summed E-state index contributed by atoms with van der Waals surface area (Å²) in [5.74, 6) is 0.834. The van der Waals surface area contributed by atoms with E-state index in [0.29, 0.717) is 17.0 Å². The van der Waals surface area contributed by atoms with Crippen molar-refractivity contribution in [2.24, 2.45) is 4.99 Å². The number of aryl methyl sites for hydroxylation is 1. The second-order valence-electron chi connectivity index (χ2n) is 7.00. The first-order chi connectivity index (χ1) is 14.2. The van der Waals surface area contributed by atoms with Gasteiger partial charge in [0.25, 0.3) is 0 Å². The Labute approximate surface area is 167 Å². The fourth-order valence-electron chi connectivity index (χ4n) is 3.37. The minimum atomic E-state index is 0.248. The number of phenolic OH excluding ortho intramolecular Hbond substituents is 1. The quantitative estimate of drug-likeness (QED) is 0.369. The van der Waals surface area contributed by atoms with Gasteiger partial charge < -0.3 is 9.52 Å². The number of nitrogens with zero attached hydrogens (tertiary/aromatic N) is 2. The molecule has 0 atom stereocenters. The third-order valence-electron chi connectivity index (χ3n) is 4.99. The van der Waals surface area contributed by atoms with Crippen LogP contribution in [-0.4, -0.2) is 16.3 Å². The molecule has 5 rings (SSSR count). The fraction of sp³-hybridized carbons (Fsp3) is 0.0400. The van der Waals surface area contributed by atoms with Crippen LogP contribution >= 0.6 is 0 Å². The van der Waals surface area contributed by atoms with Crippen molar-refractivity contribution in [3.05, 3.63) is 90.0 Å². The van der Waals surface area contributed by atoms with Crippen LogP contribution in [0, 0.1) is 6.92 Å². The van der Waals surface area contributed by atoms with Gasteiger partial charge in [-0.2, -0.15) is 0 Å². The lowest BCUT2D eigenvalue weighted by Gasteiger charge is -2.01. The van der Waals surface area contributed by atoms with Crippen molar-refractivity contribution in [3.63, 3.8) is 0 Å². The SMILES string of the molecule is Cc1cccc(C=Nc2ccc3oc(-c4ccc5ccccc5c4)nc3c2)c1O. The van der Waals surface area contributed by atoms with Gasteiger partial charge in [-0.3, -0.25) is 4.99 Å². The van der Waals surface area contributed by atoms with Gasteiger partial charge in [0.1, 0.15) is 11.3 Å². The van der Waals surface area contributed by atoms with Gasteiger partial charge in [-0.1, -0.05) is 42.5 Å². The molecule has 0 fully saturated rings. The molecule has 4 aromatic carbocycles. The number of aliphatic imine (C=N–C) groups is 1. The molecule has 4 nitrogen and oxygen atoms in total. The second kappa shape index (κ2) is 6.91. The highest BCUT2D eigenvalue weighted by Crippen LogP contribution is 2.29. The minimum absolute atomic E-state index is 0.248. The minimum Gasteiger partial charge on any atom is -0.507 e. The van der Waals surface area contributed by atoms with Crippen molar-refractivity contribution < 1.29 is 9.52 Å². The summed E-state index contributed by atoms with van der Waals surface area (Å²) in [6.45, 7) is 1.86. The van der Waals surface area contributed by atoms with Gasteiger partial charge in [0.15, 0.2) is 5.58 Å². The molecule has 5 aromatic rings. The maximum atomic E-state index is 10.1. The molecule has 0 saturated heterocycles. The molecular formula is C25H18N2O2. The monoisotopic (exact) mass is 378 g/mol. The molecule has 29 heavy (non-hydrogen) atoms. The van der Waals surface area contributed by atoms with Crippen LogP contribution < -0.4 is 0 Å². The Kier molecular flexibility index (Phi) is 4.10. The lowest BCUT2D eigenvalue weighted by atomic mass is 10.1. The van der Waals surface area contributed by atoms with Gasteiger partial charge in [-0.15, -0.1) is 0 Å². The fourth-order valence-corrected chi connectivity index (χ4v) is 3.37. The first-order valence-electron chi connectivity index (χ1n) is 9.40. The topological polar surface area (TPSA) is 58.6 Å². The molecule has 0 aliphatic rings. The first kappa shape index (κ1) is 17.2. The first-order valence-corrected chi connectivity index (χ1v) is 9.40. The summed E-state index contributed by atoms with van der Waals surface area (Å²) in [4.78, 5) is 9.13. The van der Waals surface area contributed by atoms with Crippen molar-refractivity contribution in [1.29, 1.82) is 0 Å². The Morgan fingerprint density at radius 3 is 2.66 bits per heavy atom. The number of aromatic nitrogens is 1. The number of phenols is 1. The Morgan fingerprint density at radius 2 is 1.76 bits per heavy atom. The Balaban J connectivity index is 1.49. The van der Waals surface area contributed by atoms with Crippen LogP contribution in [0.5, 0.6) is 5.75 Å². The van der Waals surface area contributed by atoms with Crippen molar-refractivity contribution in [2.45, 2.75) is 6.92 Å². The lowest BCUT2D eigenvalue weighted by molar-refractivity contribution is 0.470. The average molecular weight is 378 g/mol. The average Bonchev–Trinajstić information content (AvgIpc) is 3.18. The number of hydrogen-bond donors (Lipinski definition) is 1. The van der Waals surface area contributed by atoms with Crippen molar-refractivity contribution in [3.8, 4) is 17.2 Å². The molecule has 1 heterocycles. The van der Waals surface area contributed by atoms with Crippen molar-refractivity contribution in [2.75, 3.05) is 0 Å². The third-order valence-corrected chi connectivity index (χ3v) is 4.99. The highest BCUT2D eigenvalue weighted by Gasteiger charge is 2.09. The smallest absolute Gasteiger partial charge is 0.227 e. The molecular weight excluding hydrogens is 360 g/mol. The number of hydrogen-bond acceptors (Lipinski definition) is 4. The number of oxazole rings is 1. The zero-order valence-electron chi connectivity index (χ0n) is 15.8. The van der Waals surface area contributed by atoms with Crippen LogP contribution in [0.15, 0.2) is 88.3 Å². The molecule has 0 aliphatic heterocycles. The molecule has 1 N–H and O–H groups in total. The van der Waals surface area contributed by atoms with E-state index in [9.17, 15) is 5.11 Å². The highest BCUT2D eigenvalue weighted by atomic mass is 16.3. The number of benzene rings is 4. The largest absolute Gasteiger partial charge is 0.507 e. The van der Waals surface area contributed by atoms with Crippen molar-refractivity contribution in [1.82, 2.24) is 4.98 Å². The predicted molar refractivity (Wildman–Crippen MR) is 117 cm³/mol. The van der Waals surface area contributed by atoms with E-state index >= 15 is 0 Å². The summed E-state index contributed by atoms with van der Waals surface area (Å²) in [6.07, 6.45) is 1.66. The molecule has 140 valence electrons. The van der Waals surface area contributed by atoms with Crippen LogP contribution in [-0.2, 0) is 0 Å². The highest BCUT2D eigenvalue weighted by molar-refractivity contribution is 5.89. The predicted octanol–water partition coefficient (Wildman–Crippen LogP) is 6.41. The van der Waals surface area contributed by atoms with E-state index in [0.717, 1.165) is 27.7 Å². The Bertz CT molecular complexity index is 1380. The molecule has 4 heteroatoms. The molecule has 0 bridgehead atoms. The Morgan fingerprint density at radius 1 is 0.897 bits per heavy atom. The molecule has 0 radical (unpaired) electrons. The summed E-state index contributed by atoms with van der Waals surface area (Å²) >= 11 is 0. The van der Waals surface area contributed by atoms with E-state index in [1.54, 1.807) is 6.21 Å². The summed E-state index contributed by atoms with van der Waals surface area (Å²) in [6, 6.07) is 25.6. The van der Waals surface area contributed by atoms with Crippen LogP contribution in [0.4, 0.5) is 5.69 Å². The zero-order valence-corrected chi connectivity index (χ0v) is 15.8. The maximum Gasteiger partial charge on any atom is 0.227 e. The molecule has 0 amide bonds. The number of para-hydroxylation sites is 1.